The Labute approximate surface area is 122 Å². The molecule has 1 N–H and O–H groups in total. The Bertz CT molecular complexity index is 415. The molecule has 0 heterocycles. The summed E-state index contributed by atoms with van der Waals surface area (Å²) in [5.74, 6) is 0.666. The molecule has 1 aliphatic rings. The average Bonchev–Trinajstić information content (AvgIpc) is 2.37. The van der Waals surface area contributed by atoms with Crippen molar-refractivity contribution in [3.63, 3.8) is 0 Å². The van der Waals surface area contributed by atoms with Gasteiger partial charge in [0.15, 0.2) is 0 Å². The van der Waals surface area contributed by atoms with Crippen molar-refractivity contribution in [1.82, 2.24) is 5.32 Å². The molecule has 1 aromatic carbocycles. The molecule has 0 atom stereocenters. The number of rotatable bonds is 4. The quantitative estimate of drug-likeness (QED) is 0.836. The summed E-state index contributed by atoms with van der Waals surface area (Å²) in [5.41, 5.74) is 3.22. The van der Waals surface area contributed by atoms with Gasteiger partial charge in [0.05, 0.1) is 0 Å². The van der Waals surface area contributed by atoms with Crippen LogP contribution in [0.3, 0.4) is 0 Å². The maximum Gasteiger partial charge on any atom is 0.0443 e. The first-order valence-electron chi connectivity index (χ1n) is 7.45. The van der Waals surface area contributed by atoms with Gasteiger partial charge in [0.25, 0.3) is 0 Å². The predicted molar refractivity (Wildman–Crippen MR) is 84.1 cm³/mol. The molecule has 0 saturated heterocycles. The highest BCUT2D eigenvalue weighted by atomic mass is 35.5. The minimum atomic E-state index is 0.524. The molecule has 0 amide bonds. The summed E-state index contributed by atoms with van der Waals surface area (Å²) >= 11 is 6.49. The van der Waals surface area contributed by atoms with Gasteiger partial charge in [0, 0.05) is 5.02 Å². The normalized spacial score (nSPS) is 19.6. The lowest BCUT2D eigenvalue weighted by molar-refractivity contribution is 0.224. The summed E-state index contributed by atoms with van der Waals surface area (Å²) in [6, 6.07) is 6.67. The number of likely N-dealkylation sites (N-methyl/N-ethyl adjacent to an activating group) is 1. The van der Waals surface area contributed by atoms with E-state index in [1.54, 1.807) is 0 Å². The highest BCUT2D eigenvalue weighted by Crippen LogP contribution is 2.44. The second kappa shape index (κ2) is 6.28. The predicted octanol–water partition coefficient (Wildman–Crippen LogP) is 4.79. The Kier molecular flexibility index (Phi) is 4.92. The number of halogens is 1. The van der Waals surface area contributed by atoms with Crippen LogP contribution in [0.5, 0.6) is 0 Å². The highest BCUT2D eigenvalue weighted by Gasteiger charge is 2.28. The number of nitrogens with one attached hydrogen (secondary N) is 1. The van der Waals surface area contributed by atoms with Crippen LogP contribution >= 0.6 is 11.6 Å². The molecule has 1 saturated carbocycles. The van der Waals surface area contributed by atoms with Crippen LogP contribution in [0, 0.1) is 5.41 Å². The van der Waals surface area contributed by atoms with Crippen LogP contribution in [0.4, 0.5) is 0 Å². The molecule has 1 aromatic rings. The van der Waals surface area contributed by atoms with Gasteiger partial charge >= 0.3 is 0 Å². The first-order valence-corrected chi connectivity index (χ1v) is 7.82. The Morgan fingerprint density at radius 1 is 1.26 bits per heavy atom. The number of hydrogen-bond donors (Lipinski definition) is 1. The van der Waals surface area contributed by atoms with Gasteiger partial charge in [-0.3, -0.25) is 0 Å². The van der Waals surface area contributed by atoms with E-state index in [4.69, 9.17) is 11.6 Å². The van der Waals surface area contributed by atoms with Crippen molar-refractivity contribution < 1.29 is 0 Å². The van der Waals surface area contributed by atoms with Gasteiger partial charge < -0.3 is 5.32 Å². The van der Waals surface area contributed by atoms with Crippen LogP contribution < -0.4 is 5.32 Å². The molecule has 0 bridgehead atoms. The molecule has 0 spiro atoms. The topological polar surface area (TPSA) is 12.0 Å². The van der Waals surface area contributed by atoms with Crippen molar-refractivity contribution in [2.75, 3.05) is 13.6 Å². The third-order valence-corrected chi connectivity index (χ3v) is 4.83. The molecule has 19 heavy (non-hydrogen) atoms. The smallest absolute Gasteiger partial charge is 0.0443 e. The summed E-state index contributed by atoms with van der Waals surface area (Å²) in [5, 5.41) is 4.15. The first kappa shape index (κ1) is 14.9. The van der Waals surface area contributed by atoms with Crippen LogP contribution in [-0.4, -0.2) is 13.6 Å². The molecule has 0 aliphatic heterocycles. The van der Waals surface area contributed by atoms with Crippen molar-refractivity contribution in [2.45, 2.75) is 51.9 Å². The van der Waals surface area contributed by atoms with Crippen LogP contribution in [0.2, 0.25) is 5.02 Å². The van der Waals surface area contributed by atoms with Crippen LogP contribution in [-0.2, 0) is 6.42 Å². The summed E-state index contributed by atoms with van der Waals surface area (Å²) in [7, 11) is 1.99. The lowest BCUT2D eigenvalue weighted by atomic mass is 9.71. The van der Waals surface area contributed by atoms with Crippen molar-refractivity contribution in [1.29, 1.82) is 0 Å². The van der Waals surface area contributed by atoms with Gasteiger partial charge in [-0.2, -0.15) is 0 Å². The van der Waals surface area contributed by atoms with E-state index in [0.717, 1.165) is 18.0 Å². The van der Waals surface area contributed by atoms with Gasteiger partial charge in [-0.1, -0.05) is 37.6 Å². The first-order chi connectivity index (χ1) is 9.02. The van der Waals surface area contributed by atoms with Gasteiger partial charge in [0.2, 0.25) is 0 Å². The van der Waals surface area contributed by atoms with Crippen molar-refractivity contribution >= 4 is 11.6 Å². The second-order valence-electron chi connectivity index (χ2n) is 6.65. The molecule has 1 aliphatic carbocycles. The third-order valence-electron chi connectivity index (χ3n) is 4.51. The molecule has 1 nitrogen and oxygen atoms in total. The lowest BCUT2D eigenvalue weighted by Crippen LogP contribution is -2.20. The fourth-order valence-electron chi connectivity index (χ4n) is 3.04. The molecule has 1 fully saturated rings. The summed E-state index contributed by atoms with van der Waals surface area (Å²) in [6.45, 7) is 5.77. The number of benzene rings is 1. The summed E-state index contributed by atoms with van der Waals surface area (Å²) in [4.78, 5) is 0. The summed E-state index contributed by atoms with van der Waals surface area (Å²) < 4.78 is 0. The van der Waals surface area contributed by atoms with Crippen molar-refractivity contribution in [2.24, 2.45) is 5.41 Å². The van der Waals surface area contributed by atoms with E-state index in [-0.39, 0.29) is 0 Å². The fraction of sp³-hybridized carbons (Fsp3) is 0.647. The highest BCUT2D eigenvalue weighted by molar-refractivity contribution is 6.31. The van der Waals surface area contributed by atoms with Crippen molar-refractivity contribution in [3.05, 3.63) is 34.3 Å². The van der Waals surface area contributed by atoms with E-state index in [1.807, 2.05) is 7.05 Å². The van der Waals surface area contributed by atoms with Crippen molar-refractivity contribution in [3.8, 4) is 0 Å². The van der Waals surface area contributed by atoms with E-state index in [0.29, 0.717) is 11.3 Å². The molecule has 0 radical (unpaired) electrons. The van der Waals surface area contributed by atoms with Crippen LogP contribution in [0.25, 0.3) is 0 Å². The molecular formula is C17H26ClN. The molecular weight excluding hydrogens is 254 g/mol. The molecule has 0 unspecified atom stereocenters. The number of hydrogen-bond acceptors (Lipinski definition) is 1. The lowest BCUT2D eigenvalue weighted by Gasteiger charge is -2.34. The second-order valence-corrected chi connectivity index (χ2v) is 7.06. The van der Waals surface area contributed by atoms with E-state index >= 15 is 0 Å². The third kappa shape index (κ3) is 3.97. The Morgan fingerprint density at radius 3 is 2.53 bits per heavy atom. The van der Waals surface area contributed by atoms with Gasteiger partial charge in [-0.05, 0) is 74.2 Å². The largest absolute Gasteiger partial charge is 0.319 e. The fourth-order valence-corrected chi connectivity index (χ4v) is 3.39. The van der Waals surface area contributed by atoms with E-state index in [1.165, 1.54) is 36.8 Å². The minimum Gasteiger partial charge on any atom is -0.319 e. The van der Waals surface area contributed by atoms with Gasteiger partial charge in [-0.15, -0.1) is 0 Å². The molecule has 2 rings (SSSR count). The zero-order valence-electron chi connectivity index (χ0n) is 12.4. The van der Waals surface area contributed by atoms with E-state index in [9.17, 15) is 0 Å². The molecule has 106 valence electrons. The average molecular weight is 280 g/mol. The minimum absolute atomic E-state index is 0.524. The standard InChI is InChI=1S/C17H26ClN/c1-17(2)9-6-14(7-10-17)15-5-4-13(8-11-19-3)12-16(15)18/h4-5,12,14,19H,6-11H2,1-3H3. The van der Waals surface area contributed by atoms with E-state index < -0.39 is 0 Å². The SMILES string of the molecule is CNCCc1ccc(C2CCC(C)(C)CC2)c(Cl)c1. The maximum atomic E-state index is 6.49. The van der Waals surface area contributed by atoms with E-state index in [2.05, 4.69) is 37.4 Å². The van der Waals surface area contributed by atoms with Crippen LogP contribution in [0.15, 0.2) is 18.2 Å². The maximum absolute atomic E-state index is 6.49. The zero-order chi connectivity index (χ0) is 13.9. The van der Waals surface area contributed by atoms with Crippen LogP contribution in [0.1, 0.15) is 56.6 Å². The molecule has 0 aromatic heterocycles. The monoisotopic (exact) mass is 279 g/mol. The Balaban J connectivity index is 2.05. The zero-order valence-corrected chi connectivity index (χ0v) is 13.2. The molecule has 2 heteroatoms. The Hall–Kier alpha value is -0.530. The van der Waals surface area contributed by atoms with Gasteiger partial charge in [-0.25, -0.2) is 0 Å². The summed E-state index contributed by atoms with van der Waals surface area (Å²) in [6.07, 6.45) is 6.24. The Morgan fingerprint density at radius 2 is 1.95 bits per heavy atom. The van der Waals surface area contributed by atoms with Gasteiger partial charge in [0.1, 0.15) is 0 Å².